The predicted molar refractivity (Wildman–Crippen MR) is 59.5 cm³/mol. The van der Waals surface area contributed by atoms with Gasteiger partial charge >= 0.3 is 0 Å². The molecule has 0 aliphatic rings. The van der Waals surface area contributed by atoms with E-state index in [0.717, 1.165) is 0 Å². The fourth-order valence-corrected chi connectivity index (χ4v) is 1.04. The van der Waals surface area contributed by atoms with Crippen LogP contribution in [0.15, 0.2) is 18.2 Å². The minimum atomic E-state index is -0.538. The number of hydrogen-bond acceptors (Lipinski definition) is 4. The summed E-state index contributed by atoms with van der Waals surface area (Å²) in [5.41, 5.74) is 10.7. The summed E-state index contributed by atoms with van der Waals surface area (Å²) in [6.45, 7) is 4.37. The highest BCUT2D eigenvalue weighted by Crippen LogP contribution is 2.11. The molecule has 5 N–H and O–H groups in total. The summed E-state index contributed by atoms with van der Waals surface area (Å²) >= 11 is 0. The third kappa shape index (κ3) is 3.21. The molecule has 1 heterocycles. The average Bonchev–Trinajstić information content (AvgIpc) is 2.17. The van der Waals surface area contributed by atoms with E-state index in [1.165, 1.54) is 0 Å². The van der Waals surface area contributed by atoms with Crippen LogP contribution in [0, 0.1) is 0 Å². The maximum absolute atomic E-state index is 10.9. The number of nitrogens with one attached hydrogen (secondary N) is 1. The van der Waals surface area contributed by atoms with E-state index in [0.29, 0.717) is 12.4 Å². The number of hydrogen-bond donors (Lipinski definition) is 3. The van der Waals surface area contributed by atoms with Gasteiger partial charge < -0.3 is 16.8 Å². The first kappa shape index (κ1) is 11.5. The molecule has 0 fully saturated rings. The van der Waals surface area contributed by atoms with Crippen molar-refractivity contribution in [3.63, 3.8) is 0 Å². The molecule has 1 amide bonds. The quantitative estimate of drug-likeness (QED) is 0.664. The summed E-state index contributed by atoms with van der Waals surface area (Å²) in [4.78, 5) is 15.0. The molecule has 0 atom stereocenters. The Bertz CT molecular complexity index is 362. The van der Waals surface area contributed by atoms with Crippen molar-refractivity contribution in [2.45, 2.75) is 19.4 Å². The summed E-state index contributed by atoms with van der Waals surface area (Å²) in [5.74, 6) is 0.0611. The first-order chi connectivity index (χ1) is 6.94. The van der Waals surface area contributed by atoms with Crippen LogP contribution in [0.25, 0.3) is 0 Å². The number of primary amides is 1. The smallest absolute Gasteiger partial charge is 0.267 e. The van der Waals surface area contributed by atoms with Gasteiger partial charge in [-0.3, -0.25) is 4.79 Å². The van der Waals surface area contributed by atoms with Gasteiger partial charge in [-0.15, -0.1) is 0 Å². The Balaban J connectivity index is 2.87. The van der Waals surface area contributed by atoms with Gasteiger partial charge in [0.05, 0.1) is 0 Å². The average molecular weight is 208 g/mol. The Morgan fingerprint density at radius 1 is 1.53 bits per heavy atom. The molecule has 1 rings (SSSR count). The molecule has 15 heavy (non-hydrogen) atoms. The normalized spacial score (nSPS) is 11.1. The molecule has 0 aliphatic heterocycles. The lowest BCUT2D eigenvalue weighted by Gasteiger charge is -2.24. The molecule has 82 valence electrons. The minimum Gasteiger partial charge on any atom is -0.364 e. The monoisotopic (exact) mass is 208 g/mol. The van der Waals surface area contributed by atoms with Crippen LogP contribution in [0.1, 0.15) is 24.3 Å². The molecular weight excluding hydrogens is 192 g/mol. The van der Waals surface area contributed by atoms with Crippen LogP contribution in [0.5, 0.6) is 0 Å². The summed E-state index contributed by atoms with van der Waals surface area (Å²) in [7, 11) is 0. The number of pyridine rings is 1. The molecule has 0 saturated carbocycles. The van der Waals surface area contributed by atoms with Crippen molar-refractivity contribution in [2.75, 3.05) is 11.9 Å². The third-order valence-corrected chi connectivity index (χ3v) is 1.98. The van der Waals surface area contributed by atoms with Crippen LogP contribution in [0.3, 0.4) is 0 Å². The van der Waals surface area contributed by atoms with Crippen LogP contribution in [0.2, 0.25) is 0 Å². The lowest BCUT2D eigenvalue weighted by Crippen LogP contribution is -2.39. The Kier molecular flexibility index (Phi) is 3.26. The van der Waals surface area contributed by atoms with Crippen LogP contribution < -0.4 is 16.8 Å². The maximum Gasteiger partial charge on any atom is 0.267 e. The second kappa shape index (κ2) is 4.27. The first-order valence-corrected chi connectivity index (χ1v) is 4.70. The number of nitrogens with two attached hydrogens (primary N) is 2. The van der Waals surface area contributed by atoms with Crippen molar-refractivity contribution in [3.05, 3.63) is 23.9 Å². The fraction of sp³-hybridized carbons (Fsp3) is 0.400. The second-order valence-corrected chi connectivity index (χ2v) is 3.99. The molecule has 1 aromatic heterocycles. The van der Waals surface area contributed by atoms with Crippen molar-refractivity contribution < 1.29 is 4.79 Å². The van der Waals surface area contributed by atoms with E-state index < -0.39 is 5.91 Å². The van der Waals surface area contributed by atoms with Gasteiger partial charge in [-0.05, 0) is 26.0 Å². The van der Waals surface area contributed by atoms with E-state index in [-0.39, 0.29) is 11.2 Å². The van der Waals surface area contributed by atoms with Crippen molar-refractivity contribution in [1.29, 1.82) is 0 Å². The molecule has 0 unspecified atom stereocenters. The molecule has 5 heteroatoms. The highest BCUT2D eigenvalue weighted by Gasteiger charge is 2.15. The molecular formula is C10H16N4O. The van der Waals surface area contributed by atoms with Crippen LogP contribution >= 0.6 is 0 Å². The zero-order valence-corrected chi connectivity index (χ0v) is 8.95. The van der Waals surface area contributed by atoms with E-state index in [4.69, 9.17) is 11.5 Å². The maximum atomic E-state index is 10.9. The molecule has 0 saturated heterocycles. The molecule has 0 spiro atoms. The van der Waals surface area contributed by atoms with E-state index in [1.54, 1.807) is 18.2 Å². The van der Waals surface area contributed by atoms with Gasteiger partial charge in [0.25, 0.3) is 5.91 Å². The largest absolute Gasteiger partial charge is 0.364 e. The molecule has 0 bridgehead atoms. The van der Waals surface area contributed by atoms with Crippen molar-refractivity contribution in [1.82, 2.24) is 4.98 Å². The van der Waals surface area contributed by atoms with E-state index in [2.05, 4.69) is 10.3 Å². The number of aromatic nitrogens is 1. The predicted octanol–water partition coefficient (Wildman–Crippen LogP) is 0.330. The lowest BCUT2D eigenvalue weighted by atomic mass is 10.1. The Hall–Kier alpha value is -1.62. The van der Waals surface area contributed by atoms with Crippen molar-refractivity contribution in [2.24, 2.45) is 11.5 Å². The Morgan fingerprint density at radius 3 is 2.73 bits per heavy atom. The van der Waals surface area contributed by atoms with E-state index in [1.807, 2.05) is 13.8 Å². The standard InChI is InChI=1S/C10H16N4O/c1-10(2,6-11)14-8-5-3-4-7(13-8)9(12)15/h3-5H,6,11H2,1-2H3,(H2,12,15)(H,13,14). The summed E-state index contributed by atoms with van der Waals surface area (Å²) in [5, 5.41) is 3.12. The van der Waals surface area contributed by atoms with Crippen molar-refractivity contribution >= 4 is 11.7 Å². The van der Waals surface area contributed by atoms with E-state index in [9.17, 15) is 4.79 Å². The van der Waals surface area contributed by atoms with Gasteiger partial charge in [0, 0.05) is 12.1 Å². The Labute approximate surface area is 88.9 Å². The number of rotatable bonds is 4. The number of nitrogens with zero attached hydrogens (tertiary/aromatic N) is 1. The molecule has 0 radical (unpaired) electrons. The first-order valence-electron chi connectivity index (χ1n) is 4.70. The molecule has 5 nitrogen and oxygen atoms in total. The Morgan fingerprint density at radius 2 is 2.20 bits per heavy atom. The third-order valence-electron chi connectivity index (χ3n) is 1.98. The summed E-state index contributed by atoms with van der Waals surface area (Å²) in [6.07, 6.45) is 0. The topological polar surface area (TPSA) is 94.0 Å². The SMILES string of the molecule is CC(C)(CN)Nc1cccc(C(N)=O)n1. The lowest BCUT2D eigenvalue weighted by molar-refractivity contribution is 0.0995. The van der Waals surface area contributed by atoms with Gasteiger partial charge in [-0.25, -0.2) is 4.98 Å². The summed E-state index contributed by atoms with van der Waals surface area (Å²) < 4.78 is 0. The van der Waals surface area contributed by atoms with Gasteiger partial charge in [0.2, 0.25) is 0 Å². The molecule has 0 aliphatic carbocycles. The van der Waals surface area contributed by atoms with Gasteiger partial charge in [0.15, 0.2) is 0 Å². The molecule has 0 aromatic carbocycles. The highest BCUT2D eigenvalue weighted by molar-refractivity contribution is 5.91. The number of anilines is 1. The van der Waals surface area contributed by atoms with Crippen LogP contribution in [-0.4, -0.2) is 23.0 Å². The summed E-state index contributed by atoms with van der Waals surface area (Å²) in [6, 6.07) is 5.06. The minimum absolute atomic E-state index is 0.243. The van der Waals surface area contributed by atoms with Crippen molar-refractivity contribution in [3.8, 4) is 0 Å². The van der Waals surface area contributed by atoms with Crippen LogP contribution in [-0.2, 0) is 0 Å². The zero-order chi connectivity index (χ0) is 11.5. The van der Waals surface area contributed by atoms with Gasteiger partial charge in [0.1, 0.15) is 11.5 Å². The second-order valence-electron chi connectivity index (χ2n) is 3.99. The zero-order valence-electron chi connectivity index (χ0n) is 8.95. The van der Waals surface area contributed by atoms with Gasteiger partial charge in [-0.1, -0.05) is 6.07 Å². The van der Waals surface area contributed by atoms with Gasteiger partial charge in [-0.2, -0.15) is 0 Å². The number of carbonyl (C=O) groups excluding carboxylic acids is 1. The molecule has 1 aromatic rings. The number of amides is 1. The fourth-order valence-electron chi connectivity index (χ4n) is 1.04. The van der Waals surface area contributed by atoms with E-state index >= 15 is 0 Å². The van der Waals surface area contributed by atoms with Crippen LogP contribution in [0.4, 0.5) is 5.82 Å². The number of carbonyl (C=O) groups is 1. The highest BCUT2D eigenvalue weighted by atomic mass is 16.1.